The first kappa shape index (κ1) is 18.8. The van der Waals surface area contributed by atoms with Gasteiger partial charge in [0.25, 0.3) is 5.91 Å². The average molecular weight is 423 g/mol. The molecule has 3 aromatic heterocycles. The molecule has 1 amide bonds. The number of benzene rings is 1. The van der Waals surface area contributed by atoms with Gasteiger partial charge in [-0.15, -0.1) is 0 Å². The Kier molecular flexibility index (Phi) is 4.49. The van der Waals surface area contributed by atoms with Gasteiger partial charge in [0.05, 0.1) is 23.8 Å². The second-order valence-corrected chi connectivity index (χ2v) is 8.17. The van der Waals surface area contributed by atoms with E-state index < -0.39 is 0 Å². The maximum Gasteiger partial charge on any atom is 0.293 e. The van der Waals surface area contributed by atoms with Crippen molar-refractivity contribution >= 4 is 28.6 Å². The lowest BCUT2D eigenvalue weighted by atomic mass is 9.79. The molecule has 0 radical (unpaired) electrons. The summed E-state index contributed by atoms with van der Waals surface area (Å²) in [5.74, 6) is 1.37. The molecule has 32 heavy (non-hydrogen) atoms. The lowest BCUT2D eigenvalue weighted by molar-refractivity contribution is 0.0651. The van der Waals surface area contributed by atoms with Crippen LogP contribution in [0.15, 0.2) is 92.7 Å². The van der Waals surface area contributed by atoms with Gasteiger partial charge in [-0.05, 0) is 67.3 Å². The van der Waals surface area contributed by atoms with E-state index in [-0.39, 0.29) is 17.9 Å². The highest BCUT2D eigenvalue weighted by atomic mass is 16.3. The Morgan fingerprint density at radius 2 is 1.88 bits per heavy atom. The third kappa shape index (κ3) is 3.15. The van der Waals surface area contributed by atoms with Gasteiger partial charge in [-0.3, -0.25) is 4.79 Å². The molecule has 6 nitrogen and oxygen atoms in total. The van der Waals surface area contributed by atoms with Gasteiger partial charge in [-0.2, -0.15) is 5.10 Å². The fourth-order valence-corrected chi connectivity index (χ4v) is 4.75. The Labute approximate surface area is 184 Å². The number of carbonyl (C=O) groups is 1. The van der Waals surface area contributed by atoms with E-state index in [1.54, 1.807) is 23.6 Å². The van der Waals surface area contributed by atoms with Gasteiger partial charge >= 0.3 is 0 Å². The zero-order valence-corrected chi connectivity index (χ0v) is 17.3. The largest absolute Gasteiger partial charge is 0.467 e. The monoisotopic (exact) mass is 423 g/mol. The third-order valence-electron chi connectivity index (χ3n) is 6.22. The zero-order valence-electron chi connectivity index (χ0n) is 17.3. The van der Waals surface area contributed by atoms with Crippen molar-refractivity contribution in [2.24, 2.45) is 11.0 Å². The Morgan fingerprint density at radius 1 is 1.00 bits per heavy atom. The van der Waals surface area contributed by atoms with Gasteiger partial charge in [-0.25, -0.2) is 9.99 Å². The molecule has 0 bridgehead atoms. The van der Waals surface area contributed by atoms with E-state index in [0.717, 1.165) is 53.0 Å². The maximum absolute atomic E-state index is 13.6. The van der Waals surface area contributed by atoms with E-state index in [9.17, 15) is 4.79 Å². The quantitative estimate of drug-likeness (QED) is 0.414. The van der Waals surface area contributed by atoms with Crippen molar-refractivity contribution in [2.75, 3.05) is 0 Å². The van der Waals surface area contributed by atoms with Crippen molar-refractivity contribution in [2.45, 2.75) is 25.3 Å². The summed E-state index contributed by atoms with van der Waals surface area (Å²) in [6.07, 6.45) is 8.20. The molecule has 2 atom stereocenters. The van der Waals surface area contributed by atoms with E-state index >= 15 is 0 Å². The predicted octanol–water partition coefficient (Wildman–Crippen LogP) is 5.86. The first-order chi connectivity index (χ1) is 15.8. The number of furan rings is 2. The van der Waals surface area contributed by atoms with Crippen LogP contribution in [0.3, 0.4) is 0 Å². The molecule has 1 fully saturated rings. The number of allylic oxidation sites excluding steroid dienone is 1. The van der Waals surface area contributed by atoms with Gasteiger partial charge in [0.1, 0.15) is 23.3 Å². The minimum Gasteiger partial charge on any atom is -0.467 e. The molecule has 4 aromatic rings. The van der Waals surface area contributed by atoms with Crippen LogP contribution in [0.25, 0.3) is 17.0 Å². The van der Waals surface area contributed by atoms with E-state index in [4.69, 9.17) is 13.9 Å². The Morgan fingerprint density at radius 3 is 2.72 bits per heavy atom. The summed E-state index contributed by atoms with van der Waals surface area (Å²) in [7, 11) is 0. The number of aromatic nitrogens is 1. The molecule has 0 saturated heterocycles. The SMILES string of the molecule is O=C(c1ccc2ccccc2n1)N1N=C2/C(=C\c3ccco3)CCC[C@@H]2[C@@H]1c1ccco1. The van der Waals surface area contributed by atoms with Crippen molar-refractivity contribution in [3.63, 3.8) is 0 Å². The van der Waals surface area contributed by atoms with Crippen LogP contribution < -0.4 is 0 Å². The van der Waals surface area contributed by atoms with Crippen LogP contribution in [0.1, 0.15) is 47.3 Å². The number of nitrogens with zero attached hydrogens (tertiary/aromatic N) is 3. The molecule has 158 valence electrons. The molecule has 1 saturated carbocycles. The summed E-state index contributed by atoms with van der Waals surface area (Å²) >= 11 is 0. The standard InChI is InChI=1S/C26H21N3O3/c30-26(22-13-12-17-6-1-2-10-21(17)27-22)29-25(23-11-5-15-32-23)20-9-3-7-18(24(20)28-29)16-19-8-4-14-31-19/h1-2,4-6,8,10-16,20,25H,3,7,9H2/b18-16-/t20-,25+/m0/s1. The molecular weight excluding hydrogens is 402 g/mol. The molecule has 1 aliphatic carbocycles. The average Bonchev–Trinajstić information content (AvgIpc) is 3.59. The van der Waals surface area contributed by atoms with E-state index in [1.165, 1.54) is 0 Å². The van der Waals surface area contributed by atoms with Crippen LogP contribution in [0.5, 0.6) is 0 Å². The third-order valence-corrected chi connectivity index (χ3v) is 6.22. The minimum absolute atomic E-state index is 0.0699. The zero-order chi connectivity index (χ0) is 21.5. The molecule has 1 aromatic carbocycles. The molecule has 6 rings (SSSR count). The van der Waals surface area contributed by atoms with Crippen LogP contribution >= 0.6 is 0 Å². The number of hydrogen-bond acceptors (Lipinski definition) is 5. The van der Waals surface area contributed by atoms with Crippen LogP contribution in [0, 0.1) is 5.92 Å². The van der Waals surface area contributed by atoms with Gasteiger partial charge in [0.2, 0.25) is 0 Å². The van der Waals surface area contributed by atoms with Crippen molar-refractivity contribution in [1.82, 2.24) is 9.99 Å². The summed E-state index contributed by atoms with van der Waals surface area (Å²) in [6, 6.07) is 18.8. The lowest BCUT2D eigenvalue weighted by Gasteiger charge is -2.27. The molecule has 0 unspecified atom stereocenters. The summed E-state index contributed by atoms with van der Waals surface area (Å²) in [5, 5.41) is 7.42. The molecule has 1 aliphatic heterocycles. The summed E-state index contributed by atoms with van der Waals surface area (Å²) < 4.78 is 11.3. The van der Waals surface area contributed by atoms with Crippen LogP contribution in [-0.4, -0.2) is 21.6 Å². The number of fused-ring (bicyclic) bond motifs is 2. The van der Waals surface area contributed by atoms with Gasteiger partial charge in [0.15, 0.2) is 0 Å². The number of carbonyl (C=O) groups excluding carboxylic acids is 1. The maximum atomic E-state index is 13.6. The van der Waals surface area contributed by atoms with Crippen LogP contribution in [0.4, 0.5) is 0 Å². The number of hydrogen-bond donors (Lipinski definition) is 0. The second-order valence-electron chi connectivity index (χ2n) is 8.17. The molecule has 0 spiro atoms. The molecular formula is C26H21N3O3. The highest BCUT2D eigenvalue weighted by Gasteiger charge is 2.45. The van der Waals surface area contributed by atoms with E-state index in [2.05, 4.69) is 4.98 Å². The highest BCUT2D eigenvalue weighted by Crippen LogP contribution is 2.45. The van der Waals surface area contributed by atoms with Crippen molar-refractivity contribution < 1.29 is 13.6 Å². The van der Waals surface area contributed by atoms with Gasteiger partial charge in [-0.1, -0.05) is 24.3 Å². The Balaban J connectivity index is 1.43. The summed E-state index contributed by atoms with van der Waals surface area (Å²) in [6.45, 7) is 0. The number of pyridine rings is 1. The molecule has 4 heterocycles. The first-order valence-electron chi connectivity index (χ1n) is 10.8. The number of para-hydroxylation sites is 1. The van der Waals surface area contributed by atoms with Crippen LogP contribution in [-0.2, 0) is 0 Å². The second kappa shape index (κ2) is 7.64. The van der Waals surface area contributed by atoms with Gasteiger partial charge < -0.3 is 8.83 Å². The first-order valence-corrected chi connectivity index (χ1v) is 10.8. The van der Waals surface area contributed by atoms with Crippen LogP contribution in [0.2, 0.25) is 0 Å². The topological polar surface area (TPSA) is 71.8 Å². The Bertz CT molecular complexity index is 1340. The number of rotatable bonds is 3. The molecule has 2 aliphatic rings. The minimum atomic E-state index is -0.291. The van der Waals surface area contributed by atoms with E-state index in [0.29, 0.717) is 5.69 Å². The fraction of sp³-hybridized carbons (Fsp3) is 0.192. The van der Waals surface area contributed by atoms with E-state index in [1.807, 2.05) is 60.7 Å². The summed E-state index contributed by atoms with van der Waals surface area (Å²) in [5.41, 5.74) is 3.20. The van der Waals surface area contributed by atoms with Crippen molar-refractivity contribution in [3.05, 3.63) is 96.0 Å². The predicted molar refractivity (Wildman–Crippen MR) is 121 cm³/mol. The molecule has 6 heteroatoms. The van der Waals surface area contributed by atoms with Crippen molar-refractivity contribution in [3.8, 4) is 0 Å². The van der Waals surface area contributed by atoms with Gasteiger partial charge in [0, 0.05) is 11.3 Å². The summed E-state index contributed by atoms with van der Waals surface area (Å²) in [4.78, 5) is 18.3. The fourth-order valence-electron chi connectivity index (χ4n) is 4.75. The Hall–Kier alpha value is -3.93. The normalized spacial score (nSPS) is 21.7. The smallest absolute Gasteiger partial charge is 0.293 e. The highest BCUT2D eigenvalue weighted by molar-refractivity contribution is 6.09. The van der Waals surface area contributed by atoms with Crippen molar-refractivity contribution in [1.29, 1.82) is 0 Å². The molecule has 0 N–H and O–H groups in total. The number of hydrazone groups is 1. The number of amides is 1. The lowest BCUT2D eigenvalue weighted by Crippen LogP contribution is -2.32.